The Bertz CT molecular complexity index is 654. The van der Waals surface area contributed by atoms with Crippen molar-refractivity contribution in [3.05, 3.63) is 22.3 Å². The zero-order valence-electron chi connectivity index (χ0n) is 15.4. The van der Waals surface area contributed by atoms with Crippen molar-refractivity contribution >= 4 is 11.9 Å². The van der Waals surface area contributed by atoms with Crippen LogP contribution in [0.25, 0.3) is 0 Å². The number of ether oxygens (including phenoxy) is 4. The summed E-state index contributed by atoms with van der Waals surface area (Å²) in [5.41, 5.74) is 1.20. The minimum Gasteiger partial charge on any atom is -0.495 e. The number of hydrogen-bond acceptors (Lipinski definition) is 6. The molecular weight excluding hydrogens is 312 g/mol. The molecule has 0 atom stereocenters. The summed E-state index contributed by atoms with van der Waals surface area (Å²) < 4.78 is 20.8. The monoisotopic (exact) mass is 336 g/mol. The van der Waals surface area contributed by atoms with Gasteiger partial charge in [-0.1, -0.05) is 27.7 Å². The Morgan fingerprint density at radius 1 is 0.667 bits per heavy atom. The Morgan fingerprint density at radius 2 is 0.958 bits per heavy atom. The largest absolute Gasteiger partial charge is 0.495 e. The first-order valence-corrected chi connectivity index (χ1v) is 7.61. The molecule has 2 rings (SSSR count). The number of hydrogen-bond donors (Lipinski definition) is 0. The third-order valence-electron chi connectivity index (χ3n) is 5.41. The van der Waals surface area contributed by atoms with Gasteiger partial charge < -0.3 is 18.9 Å². The predicted octanol–water partition coefficient (Wildman–Crippen LogP) is 2.85. The fraction of sp³-hybridized carbons (Fsp3) is 0.556. The molecular formula is C18H24O6. The predicted molar refractivity (Wildman–Crippen MR) is 88.3 cm³/mol. The number of carbonyl (C=O) groups is 2. The lowest BCUT2D eigenvalue weighted by molar-refractivity contribution is 0.0545. The average Bonchev–Trinajstić information content (AvgIpc) is 2.57. The lowest BCUT2D eigenvalue weighted by atomic mass is 9.48. The van der Waals surface area contributed by atoms with E-state index in [0.717, 1.165) is 11.1 Å². The highest BCUT2D eigenvalue weighted by atomic mass is 16.5. The topological polar surface area (TPSA) is 71.1 Å². The first kappa shape index (κ1) is 18.1. The third kappa shape index (κ3) is 2.01. The Balaban J connectivity index is 3.04. The molecule has 0 bridgehead atoms. The minimum absolute atomic E-state index is 0.0334. The molecule has 0 saturated carbocycles. The van der Waals surface area contributed by atoms with E-state index in [2.05, 4.69) is 27.7 Å². The van der Waals surface area contributed by atoms with Crippen molar-refractivity contribution in [2.24, 2.45) is 0 Å². The number of esters is 2. The maximum Gasteiger partial charge on any atom is 0.342 e. The Kier molecular flexibility index (Phi) is 4.29. The van der Waals surface area contributed by atoms with Crippen LogP contribution < -0.4 is 9.47 Å². The van der Waals surface area contributed by atoms with Crippen LogP contribution in [0.4, 0.5) is 0 Å². The zero-order chi connectivity index (χ0) is 18.4. The lowest BCUT2D eigenvalue weighted by Gasteiger charge is -2.55. The Labute approximate surface area is 142 Å². The van der Waals surface area contributed by atoms with Crippen LogP contribution in [0, 0.1) is 0 Å². The smallest absolute Gasteiger partial charge is 0.342 e. The van der Waals surface area contributed by atoms with Crippen molar-refractivity contribution in [3.63, 3.8) is 0 Å². The summed E-state index contributed by atoms with van der Waals surface area (Å²) in [5.74, 6) is -0.674. The van der Waals surface area contributed by atoms with E-state index >= 15 is 0 Å². The van der Waals surface area contributed by atoms with Crippen molar-refractivity contribution < 1.29 is 28.5 Å². The van der Waals surface area contributed by atoms with Crippen LogP contribution in [-0.2, 0) is 20.3 Å². The summed E-state index contributed by atoms with van der Waals surface area (Å²) in [4.78, 5) is 24.8. The first-order chi connectivity index (χ1) is 11.1. The highest BCUT2D eigenvalue weighted by Crippen LogP contribution is 2.63. The van der Waals surface area contributed by atoms with Crippen LogP contribution >= 0.6 is 0 Å². The number of rotatable bonds is 4. The molecule has 0 N–H and O–H groups in total. The molecule has 1 aromatic carbocycles. The molecule has 0 radical (unpaired) electrons. The van der Waals surface area contributed by atoms with E-state index in [1.54, 1.807) is 0 Å². The summed E-state index contributed by atoms with van der Waals surface area (Å²) in [6.07, 6.45) is 0. The number of carbonyl (C=O) groups excluding carboxylic acids is 2. The lowest BCUT2D eigenvalue weighted by Crippen LogP contribution is -2.52. The summed E-state index contributed by atoms with van der Waals surface area (Å²) in [7, 11) is 5.45. The van der Waals surface area contributed by atoms with Crippen LogP contribution in [0.5, 0.6) is 11.5 Å². The summed E-state index contributed by atoms with van der Waals surface area (Å²) >= 11 is 0. The second-order valence-electron chi connectivity index (χ2n) is 6.80. The minimum atomic E-state index is -0.672. The molecule has 0 fully saturated rings. The van der Waals surface area contributed by atoms with Crippen LogP contribution in [-0.4, -0.2) is 40.4 Å². The highest BCUT2D eigenvalue weighted by molar-refractivity contribution is 6.08. The van der Waals surface area contributed by atoms with Gasteiger partial charge in [0.15, 0.2) is 0 Å². The molecule has 0 aromatic heterocycles. The molecule has 1 aliphatic rings. The highest BCUT2D eigenvalue weighted by Gasteiger charge is 2.57. The molecule has 0 spiro atoms. The summed E-state index contributed by atoms with van der Waals surface area (Å²) in [6, 6.07) is 0. The molecule has 0 unspecified atom stereocenters. The fourth-order valence-corrected chi connectivity index (χ4v) is 3.46. The summed E-state index contributed by atoms with van der Waals surface area (Å²) in [6.45, 7) is 8.26. The van der Waals surface area contributed by atoms with Crippen LogP contribution in [0.2, 0.25) is 0 Å². The SMILES string of the molecule is COC(=O)c1c(OC)c2c(c(OC)c1C(=O)OC)C(C)(C)C2(C)C. The van der Waals surface area contributed by atoms with Crippen molar-refractivity contribution in [2.75, 3.05) is 28.4 Å². The van der Waals surface area contributed by atoms with E-state index in [0.29, 0.717) is 11.5 Å². The van der Waals surface area contributed by atoms with Gasteiger partial charge in [0.2, 0.25) is 0 Å². The van der Waals surface area contributed by atoms with Crippen LogP contribution in [0.1, 0.15) is 59.5 Å². The molecule has 1 aromatic rings. The molecule has 24 heavy (non-hydrogen) atoms. The van der Waals surface area contributed by atoms with Crippen LogP contribution in [0.15, 0.2) is 0 Å². The van der Waals surface area contributed by atoms with E-state index in [1.807, 2.05) is 0 Å². The van der Waals surface area contributed by atoms with Gasteiger partial charge in [0, 0.05) is 22.0 Å². The van der Waals surface area contributed by atoms with Crippen molar-refractivity contribution in [2.45, 2.75) is 38.5 Å². The molecule has 0 saturated heterocycles. The van der Waals surface area contributed by atoms with E-state index in [1.165, 1.54) is 28.4 Å². The molecule has 132 valence electrons. The molecule has 6 heteroatoms. The fourth-order valence-electron chi connectivity index (χ4n) is 3.46. The normalized spacial score (nSPS) is 16.5. The van der Waals surface area contributed by atoms with Gasteiger partial charge in [-0.25, -0.2) is 9.59 Å². The van der Waals surface area contributed by atoms with Gasteiger partial charge in [0.25, 0.3) is 0 Å². The Hall–Kier alpha value is -2.24. The van der Waals surface area contributed by atoms with Crippen LogP contribution in [0.3, 0.4) is 0 Å². The Morgan fingerprint density at radius 3 is 1.17 bits per heavy atom. The van der Waals surface area contributed by atoms with Crippen molar-refractivity contribution in [3.8, 4) is 11.5 Å². The maximum absolute atomic E-state index is 12.4. The van der Waals surface area contributed by atoms with Gasteiger partial charge in [0.05, 0.1) is 28.4 Å². The van der Waals surface area contributed by atoms with Gasteiger partial charge in [-0.2, -0.15) is 0 Å². The van der Waals surface area contributed by atoms with E-state index < -0.39 is 11.9 Å². The van der Waals surface area contributed by atoms with Gasteiger partial charge in [0.1, 0.15) is 22.6 Å². The third-order valence-corrected chi connectivity index (χ3v) is 5.41. The second kappa shape index (κ2) is 5.69. The van der Waals surface area contributed by atoms with E-state index in [9.17, 15) is 9.59 Å². The standard InChI is InChI=1S/C18H24O6/c1-17(2)11-12(18(17,3)4)14(22-6)10(16(20)24-8)9(13(11)21-5)15(19)23-7/h1-8H3. The van der Waals surface area contributed by atoms with Crippen molar-refractivity contribution in [1.82, 2.24) is 0 Å². The number of methoxy groups -OCH3 is 4. The molecule has 0 aliphatic heterocycles. The molecule has 0 heterocycles. The van der Waals surface area contributed by atoms with Gasteiger partial charge in [-0.05, 0) is 0 Å². The first-order valence-electron chi connectivity index (χ1n) is 7.61. The molecule has 6 nitrogen and oxygen atoms in total. The van der Waals surface area contributed by atoms with Gasteiger partial charge in [-0.3, -0.25) is 0 Å². The van der Waals surface area contributed by atoms with E-state index in [4.69, 9.17) is 18.9 Å². The molecule has 1 aliphatic carbocycles. The molecule has 0 amide bonds. The average molecular weight is 336 g/mol. The summed E-state index contributed by atoms with van der Waals surface area (Å²) in [5, 5.41) is 0. The van der Waals surface area contributed by atoms with Gasteiger partial charge in [-0.15, -0.1) is 0 Å². The number of benzene rings is 1. The van der Waals surface area contributed by atoms with Crippen molar-refractivity contribution in [1.29, 1.82) is 0 Å². The maximum atomic E-state index is 12.4. The second-order valence-corrected chi connectivity index (χ2v) is 6.80. The van der Waals surface area contributed by atoms with E-state index in [-0.39, 0.29) is 22.0 Å². The van der Waals surface area contributed by atoms with Gasteiger partial charge >= 0.3 is 11.9 Å². The zero-order valence-corrected chi connectivity index (χ0v) is 15.4. The quantitative estimate of drug-likeness (QED) is 0.788. The number of fused-ring (bicyclic) bond motifs is 1.